The molecule has 0 fully saturated rings. The number of nitrogens with zero attached hydrogens (tertiary/aromatic N) is 2. The fraction of sp³-hybridized carbons (Fsp3) is 0.231. The maximum Gasteiger partial charge on any atom is 0.259 e. The number of nitrogens with two attached hydrogens (primary N) is 1. The van der Waals surface area contributed by atoms with Crippen molar-refractivity contribution < 1.29 is 17.9 Å². The topological polar surface area (TPSA) is 103 Å². The minimum absolute atomic E-state index is 0.0793. The summed E-state index contributed by atoms with van der Waals surface area (Å²) in [5.74, 6) is 0.170. The van der Waals surface area contributed by atoms with E-state index in [-0.39, 0.29) is 22.9 Å². The fourth-order valence-corrected chi connectivity index (χ4v) is 2.43. The summed E-state index contributed by atoms with van der Waals surface area (Å²) < 4.78 is 28.5. The Balaban J connectivity index is 2.46. The van der Waals surface area contributed by atoms with Crippen LogP contribution in [0.15, 0.2) is 35.4 Å². The Labute approximate surface area is 122 Å². The van der Waals surface area contributed by atoms with Crippen LogP contribution in [0.1, 0.15) is 0 Å². The van der Waals surface area contributed by atoms with Gasteiger partial charge in [-0.05, 0) is 24.3 Å². The summed E-state index contributed by atoms with van der Waals surface area (Å²) >= 11 is 0. The summed E-state index contributed by atoms with van der Waals surface area (Å²) in [6, 6.07) is 6.09. The lowest BCUT2D eigenvalue weighted by Gasteiger charge is -2.13. The summed E-state index contributed by atoms with van der Waals surface area (Å²) in [4.78, 5) is 16.9. The molecule has 2 N–H and O–H groups in total. The molecule has 1 aromatic carbocycles. The first-order valence-electron chi connectivity index (χ1n) is 6.04. The molecule has 0 atom stereocenters. The molecule has 0 aliphatic rings. The fourth-order valence-electron chi connectivity index (χ4n) is 1.74. The highest BCUT2D eigenvalue weighted by Crippen LogP contribution is 2.28. The zero-order chi connectivity index (χ0) is 15.6. The molecule has 21 heavy (non-hydrogen) atoms. The number of aromatic nitrogens is 1. The van der Waals surface area contributed by atoms with Crippen LogP contribution in [0.5, 0.6) is 5.75 Å². The van der Waals surface area contributed by atoms with Gasteiger partial charge in [0.15, 0.2) is 6.61 Å². The van der Waals surface area contributed by atoms with Gasteiger partial charge in [0.05, 0.1) is 5.52 Å². The third kappa shape index (κ3) is 3.29. The lowest BCUT2D eigenvalue weighted by molar-refractivity contribution is -0.130. The number of fused-ring (bicyclic) bond motifs is 1. The van der Waals surface area contributed by atoms with Crippen molar-refractivity contribution in [3.63, 3.8) is 0 Å². The first-order chi connectivity index (χ1) is 9.80. The van der Waals surface area contributed by atoms with Gasteiger partial charge in [0.1, 0.15) is 10.6 Å². The Bertz CT molecular complexity index is 787. The molecule has 0 bridgehead atoms. The van der Waals surface area contributed by atoms with E-state index in [0.717, 1.165) is 0 Å². The highest BCUT2D eigenvalue weighted by atomic mass is 32.2. The molecule has 112 valence electrons. The smallest absolute Gasteiger partial charge is 0.259 e. The quantitative estimate of drug-likeness (QED) is 0.878. The summed E-state index contributed by atoms with van der Waals surface area (Å²) in [6.07, 6.45) is 1.46. The Kier molecular flexibility index (Phi) is 4.10. The molecule has 0 saturated heterocycles. The van der Waals surface area contributed by atoms with E-state index >= 15 is 0 Å². The second-order valence-electron chi connectivity index (χ2n) is 4.58. The maximum atomic E-state index is 11.5. The molecule has 1 amide bonds. The van der Waals surface area contributed by atoms with Crippen LogP contribution in [-0.4, -0.2) is 44.9 Å². The first-order valence-corrected chi connectivity index (χ1v) is 7.59. The Morgan fingerprint density at radius 1 is 1.33 bits per heavy atom. The molecule has 0 aliphatic heterocycles. The molecule has 1 heterocycles. The molecule has 1 aromatic heterocycles. The maximum absolute atomic E-state index is 11.5. The monoisotopic (exact) mass is 309 g/mol. The Hall–Kier alpha value is -2.19. The van der Waals surface area contributed by atoms with Crippen LogP contribution in [0.25, 0.3) is 10.9 Å². The van der Waals surface area contributed by atoms with Gasteiger partial charge in [0.25, 0.3) is 5.91 Å². The van der Waals surface area contributed by atoms with Gasteiger partial charge in [0, 0.05) is 25.7 Å². The number of hydrogen-bond acceptors (Lipinski definition) is 5. The number of sulfonamides is 1. The summed E-state index contributed by atoms with van der Waals surface area (Å²) in [5.41, 5.74) is 0.217. The number of amides is 1. The van der Waals surface area contributed by atoms with Gasteiger partial charge in [-0.3, -0.25) is 9.78 Å². The highest BCUT2D eigenvalue weighted by molar-refractivity contribution is 7.89. The van der Waals surface area contributed by atoms with Crippen molar-refractivity contribution >= 4 is 26.8 Å². The van der Waals surface area contributed by atoms with E-state index in [9.17, 15) is 13.2 Å². The summed E-state index contributed by atoms with van der Waals surface area (Å²) in [5, 5.41) is 5.65. The molecule has 0 unspecified atom stereocenters. The van der Waals surface area contributed by atoms with Crippen LogP contribution in [0, 0.1) is 0 Å². The first kappa shape index (κ1) is 15.2. The van der Waals surface area contributed by atoms with Crippen molar-refractivity contribution in [2.45, 2.75) is 4.90 Å². The minimum Gasteiger partial charge on any atom is -0.483 e. The van der Waals surface area contributed by atoms with Crippen molar-refractivity contribution in [1.29, 1.82) is 0 Å². The van der Waals surface area contributed by atoms with Crippen LogP contribution in [0.4, 0.5) is 0 Å². The van der Waals surface area contributed by atoms with Crippen molar-refractivity contribution in [3.05, 3.63) is 30.5 Å². The van der Waals surface area contributed by atoms with E-state index in [1.165, 1.54) is 23.2 Å². The largest absolute Gasteiger partial charge is 0.483 e. The van der Waals surface area contributed by atoms with Gasteiger partial charge in [-0.2, -0.15) is 0 Å². The van der Waals surface area contributed by atoms with Crippen molar-refractivity contribution in [1.82, 2.24) is 9.88 Å². The Morgan fingerprint density at radius 3 is 2.67 bits per heavy atom. The van der Waals surface area contributed by atoms with Gasteiger partial charge in [-0.1, -0.05) is 0 Å². The Morgan fingerprint density at radius 2 is 2.05 bits per heavy atom. The van der Waals surface area contributed by atoms with Crippen molar-refractivity contribution in [2.75, 3.05) is 20.7 Å². The van der Waals surface area contributed by atoms with Gasteiger partial charge < -0.3 is 9.64 Å². The average molecular weight is 309 g/mol. The number of likely N-dealkylation sites (N-methyl/N-ethyl adjacent to an activating group) is 1. The van der Waals surface area contributed by atoms with Crippen LogP contribution >= 0.6 is 0 Å². The third-order valence-electron chi connectivity index (χ3n) is 2.85. The van der Waals surface area contributed by atoms with E-state index in [2.05, 4.69) is 4.98 Å². The number of pyridine rings is 1. The molecule has 2 aromatic rings. The van der Waals surface area contributed by atoms with E-state index in [1.807, 2.05) is 0 Å². The van der Waals surface area contributed by atoms with E-state index in [4.69, 9.17) is 9.88 Å². The lowest BCUT2D eigenvalue weighted by Crippen LogP contribution is -2.27. The standard InChI is InChI=1S/C13H15N3O4S/c1-16(2)12(17)8-20-10-5-6-11(21(14,18)19)13-9(10)4-3-7-15-13/h3-7H,8H2,1-2H3,(H2,14,18,19). The third-order valence-corrected chi connectivity index (χ3v) is 3.79. The highest BCUT2D eigenvalue weighted by Gasteiger charge is 2.16. The van der Waals surface area contributed by atoms with Gasteiger partial charge >= 0.3 is 0 Å². The van der Waals surface area contributed by atoms with E-state index < -0.39 is 10.0 Å². The second-order valence-corrected chi connectivity index (χ2v) is 6.11. The molecule has 0 spiro atoms. The SMILES string of the molecule is CN(C)C(=O)COc1ccc(S(N)(=O)=O)c2ncccc12. The van der Waals surface area contributed by atoms with Crippen LogP contribution < -0.4 is 9.88 Å². The summed E-state index contributed by atoms with van der Waals surface area (Å²) in [6.45, 7) is -0.147. The second kappa shape index (κ2) is 5.66. The van der Waals surface area contributed by atoms with Gasteiger partial charge in [-0.15, -0.1) is 0 Å². The number of hydrogen-bond donors (Lipinski definition) is 1. The molecule has 7 nitrogen and oxygen atoms in total. The molecule has 0 saturated carbocycles. The molecule has 0 aliphatic carbocycles. The number of carbonyl (C=O) groups is 1. The van der Waals surface area contributed by atoms with E-state index in [1.54, 1.807) is 26.2 Å². The molecular formula is C13H15N3O4S. The number of primary sulfonamides is 1. The lowest BCUT2D eigenvalue weighted by atomic mass is 10.2. The predicted molar refractivity (Wildman–Crippen MR) is 77.3 cm³/mol. The van der Waals surface area contributed by atoms with E-state index in [0.29, 0.717) is 11.1 Å². The summed E-state index contributed by atoms with van der Waals surface area (Å²) in [7, 11) is -0.643. The zero-order valence-corrected chi connectivity index (χ0v) is 12.4. The number of carbonyl (C=O) groups excluding carboxylic acids is 1. The number of benzene rings is 1. The van der Waals surface area contributed by atoms with Crippen LogP contribution in [-0.2, 0) is 14.8 Å². The normalized spacial score (nSPS) is 11.4. The average Bonchev–Trinajstić information content (AvgIpc) is 2.42. The minimum atomic E-state index is -3.88. The molecule has 0 radical (unpaired) electrons. The van der Waals surface area contributed by atoms with Crippen molar-refractivity contribution in [2.24, 2.45) is 5.14 Å². The van der Waals surface area contributed by atoms with Gasteiger partial charge in [0.2, 0.25) is 10.0 Å². The molecule has 8 heteroatoms. The number of ether oxygens (including phenoxy) is 1. The molecule has 2 rings (SSSR count). The van der Waals surface area contributed by atoms with Crippen LogP contribution in [0.3, 0.4) is 0 Å². The van der Waals surface area contributed by atoms with Crippen molar-refractivity contribution in [3.8, 4) is 5.75 Å². The zero-order valence-electron chi connectivity index (χ0n) is 11.6. The van der Waals surface area contributed by atoms with Crippen LogP contribution in [0.2, 0.25) is 0 Å². The predicted octanol–water partition coefficient (Wildman–Crippen LogP) is 0.349. The van der Waals surface area contributed by atoms with Gasteiger partial charge in [-0.25, -0.2) is 13.6 Å². The molecular weight excluding hydrogens is 294 g/mol. The number of rotatable bonds is 4.